The molecule has 9 nitrogen and oxygen atoms in total. The summed E-state index contributed by atoms with van der Waals surface area (Å²) in [4.78, 5) is 39.3. The molecule has 7 rings (SSSR count). The van der Waals surface area contributed by atoms with E-state index in [4.69, 9.17) is 21.1 Å². The predicted octanol–water partition coefficient (Wildman–Crippen LogP) is 4.29. The average Bonchev–Trinajstić information content (AvgIpc) is 3.14. The van der Waals surface area contributed by atoms with Gasteiger partial charge in [-0.3, -0.25) is 14.3 Å². The Morgan fingerprint density at radius 1 is 1.27 bits per heavy atom. The zero-order valence-corrected chi connectivity index (χ0v) is 22.9. The normalized spacial score (nSPS) is 17.1. The van der Waals surface area contributed by atoms with Crippen LogP contribution in [0.5, 0.6) is 11.5 Å². The molecule has 4 aromatic rings. The summed E-state index contributed by atoms with van der Waals surface area (Å²) in [5.74, 6) is 0.331. The molecule has 5 heterocycles. The van der Waals surface area contributed by atoms with Crippen LogP contribution in [0.4, 0.5) is 10.2 Å². The largest absolute Gasteiger partial charge is 0.489 e. The van der Waals surface area contributed by atoms with Crippen LogP contribution in [0.15, 0.2) is 54.0 Å². The minimum atomic E-state index is -0.520. The molecule has 1 fully saturated rings. The molecule has 1 saturated heterocycles. The van der Waals surface area contributed by atoms with Gasteiger partial charge in [-0.25, -0.2) is 9.18 Å². The van der Waals surface area contributed by atoms with Crippen molar-refractivity contribution in [2.45, 2.75) is 26.0 Å². The average molecular weight is 574 g/mol. The fourth-order valence-corrected chi connectivity index (χ4v) is 6.37. The maximum absolute atomic E-state index is 15.5. The van der Waals surface area contributed by atoms with Gasteiger partial charge >= 0.3 is 5.69 Å². The van der Waals surface area contributed by atoms with Gasteiger partial charge in [-0.15, -0.1) is 0 Å². The number of piperazine rings is 1. The lowest BCUT2D eigenvalue weighted by atomic mass is 9.99. The van der Waals surface area contributed by atoms with Crippen LogP contribution in [0.1, 0.15) is 18.2 Å². The van der Waals surface area contributed by atoms with E-state index in [1.807, 2.05) is 11.8 Å². The minimum absolute atomic E-state index is 0.0730. The second-order valence-corrected chi connectivity index (χ2v) is 10.6. The molecule has 2 bridgehead atoms. The number of hydrogen-bond acceptors (Lipinski definition) is 7. The first-order valence-electron chi connectivity index (χ1n) is 13.4. The number of fused-ring (bicyclic) bond motifs is 7. The summed E-state index contributed by atoms with van der Waals surface area (Å²) in [6, 6.07) is 7.82. The fourth-order valence-electron chi connectivity index (χ4n) is 6.07. The summed E-state index contributed by atoms with van der Waals surface area (Å²) >= 11 is 7.04. The molecule has 2 aromatic heterocycles. The van der Waals surface area contributed by atoms with Gasteiger partial charge < -0.3 is 19.3 Å². The molecule has 3 aliphatic rings. The summed E-state index contributed by atoms with van der Waals surface area (Å²) < 4.78 is 29.6. The molecule has 0 saturated carbocycles. The number of aryl methyl sites for hydroxylation is 1. The number of pyridine rings is 1. The zero-order valence-electron chi connectivity index (χ0n) is 22.2. The van der Waals surface area contributed by atoms with Gasteiger partial charge in [0.05, 0.1) is 38.9 Å². The Morgan fingerprint density at radius 3 is 2.93 bits per heavy atom. The second kappa shape index (κ2) is 9.59. The fraction of sp³-hybridized carbons (Fsp3) is 0.267. The van der Waals surface area contributed by atoms with Crippen molar-refractivity contribution in [1.82, 2.24) is 19.4 Å². The van der Waals surface area contributed by atoms with Crippen LogP contribution in [-0.2, 0) is 17.8 Å². The Morgan fingerprint density at radius 2 is 2.12 bits per heavy atom. The number of rotatable bonds is 2. The lowest BCUT2D eigenvalue weighted by Crippen LogP contribution is -2.56. The molecule has 0 aliphatic carbocycles. The van der Waals surface area contributed by atoms with Crippen LogP contribution in [0, 0.1) is 5.82 Å². The van der Waals surface area contributed by atoms with E-state index in [9.17, 15) is 9.59 Å². The van der Waals surface area contributed by atoms with Crippen molar-refractivity contribution in [1.29, 1.82) is 0 Å². The number of halogens is 2. The predicted molar refractivity (Wildman–Crippen MR) is 153 cm³/mol. The lowest BCUT2D eigenvalue weighted by Gasteiger charge is -2.40. The first-order chi connectivity index (χ1) is 19.9. The Bertz CT molecular complexity index is 1840. The summed E-state index contributed by atoms with van der Waals surface area (Å²) in [5, 5.41) is 0.725. The highest BCUT2D eigenvalue weighted by atomic mass is 35.5. The van der Waals surface area contributed by atoms with Crippen LogP contribution in [0.2, 0.25) is 5.02 Å². The van der Waals surface area contributed by atoms with Crippen LogP contribution >= 0.6 is 11.6 Å². The third-order valence-corrected chi connectivity index (χ3v) is 8.36. The maximum atomic E-state index is 15.5. The first-order valence-corrected chi connectivity index (χ1v) is 13.8. The number of aromatic nitrogens is 3. The SMILES string of the molecule is C=CC(=O)N1CCN2c3nc(=O)n4c5cc(c(Cl)c(c35)OCC2C1)-c1c(F)cccc1OCc1ccnc(CC)c1-4. The summed E-state index contributed by atoms with van der Waals surface area (Å²) in [6.45, 7) is 7.02. The summed E-state index contributed by atoms with van der Waals surface area (Å²) in [5.41, 5.74) is 2.42. The van der Waals surface area contributed by atoms with E-state index in [0.29, 0.717) is 76.8 Å². The van der Waals surface area contributed by atoms with Gasteiger partial charge in [-0.1, -0.05) is 31.2 Å². The molecule has 1 atom stereocenters. The molecule has 3 aliphatic heterocycles. The number of amides is 1. The van der Waals surface area contributed by atoms with E-state index in [1.54, 1.807) is 35.4 Å². The number of nitrogens with zero attached hydrogens (tertiary/aromatic N) is 5. The van der Waals surface area contributed by atoms with Crippen LogP contribution in [-0.4, -0.2) is 57.6 Å². The van der Waals surface area contributed by atoms with Crippen molar-refractivity contribution in [2.24, 2.45) is 0 Å². The first kappa shape index (κ1) is 25.5. The standard InChI is InChI=1S/C30H25ClFN5O4/c1-3-20-27-16(8-9-33-20)14-40-22-7-5-6-19(32)24(22)18-12-21-25-28(26(18)31)41-15-17-13-35(23(38)4-2)10-11-36(17)29(25)34-30(39)37(21)27/h4-9,12,17H,2-3,10-11,13-15H2,1H3. The molecule has 2 aromatic carbocycles. The molecule has 1 amide bonds. The molecule has 0 N–H and O–H groups in total. The number of carbonyl (C=O) groups is 1. The molecular weight excluding hydrogens is 549 g/mol. The number of ether oxygens (including phenoxy) is 2. The van der Waals surface area contributed by atoms with E-state index in [-0.39, 0.29) is 35.7 Å². The van der Waals surface area contributed by atoms with Crippen molar-refractivity contribution < 1.29 is 18.7 Å². The van der Waals surface area contributed by atoms with Gasteiger partial charge in [0.1, 0.15) is 30.6 Å². The Kier molecular flexibility index (Phi) is 5.97. The highest BCUT2D eigenvalue weighted by molar-refractivity contribution is 6.36. The van der Waals surface area contributed by atoms with Crippen LogP contribution in [0.25, 0.3) is 27.7 Å². The van der Waals surface area contributed by atoms with Crippen molar-refractivity contribution in [3.05, 3.63) is 81.8 Å². The molecule has 0 radical (unpaired) electrons. The third kappa shape index (κ3) is 3.81. The number of hydrogen-bond donors (Lipinski definition) is 0. The van der Waals surface area contributed by atoms with E-state index in [0.717, 1.165) is 0 Å². The summed E-state index contributed by atoms with van der Waals surface area (Å²) in [6.07, 6.45) is 3.51. The van der Waals surface area contributed by atoms with Crippen molar-refractivity contribution >= 4 is 34.2 Å². The quantitative estimate of drug-likeness (QED) is 0.331. The minimum Gasteiger partial charge on any atom is -0.489 e. The van der Waals surface area contributed by atoms with Crippen molar-refractivity contribution in [3.63, 3.8) is 0 Å². The maximum Gasteiger partial charge on any atom is 0.354 e. The Balaban J connectivity index is 1.59. The monoisotopic (exact) mass is 573 g/mol. The van der Waals surface area contributed by atoms with E-state index >= 15 is 4.39 Å². The van der Waals surface area contributed by atoms with Gasteiger partial charge in [-0.2, -0.15) is 4.98 Å². The third-order valence-electron chi connectivity index (χ3n) is 7.99. The van der Waals surface area contributed by atoms with E-state index in [1.165, 1.54) is 16.7 Å². The van der Waals surface area contributed by atoms with Gasteiger partial charge in [0, 0.05) is 37.0 Å². The molecule has 208 valence electrons. The van der Waals surface area contributed by atoms with Gasteiger partial charge in [0.2, 0.25) is 5.91 Å². The van der Waals surface area contributed by atoms with Crippen LogP contribution < -0.4 is 20.1 Å². The van der Waals surface area contributed by atoms with Crippen molar-refractivity contribution in [3.8, 4) is 28.3 Å². The number of carbonyl (C=O) groups excluding carboxylic acids is 1. The number of benzene rings is 2. The number of anilines is 1. The summed E-state index contributed by atoms with van der Waals surface area (Å²) in [7, 11) is 0. The lowest BCUT2D eigenvalue weighted by molar-refractivity contribution is -0.126. The van der Waals surface area contributed by atoms with Crippen molar-refractivity contribution in [2.75, 3.05) is 31.1 Å². The van der Waals surface area contributed by atoms with Gasteiger partial charge in [0.25, 0.3) is 0 Å². The van der Waals surface area contributed by atoms with E-state index < -0.39 is 11.5 Å². The van der Waals surface area contributed by atoms with E-state index in [2.05, 4.69) is 16.5 Å². The highest BCUT2D eigenvalue weighted by Gasteiger charge is 2.37. The highest BCUT2D eigenvalue weighted by Crippen LogP contribution is 2.49. The molecule has 1 unspecified atom stereocenters. The van der Waals surface area contributed by atoms with Gasteiger partial charge in [-0.05, 0) is 36.8 Å². The molecule has 41 heavy (non-hydrogen) atoms. The Labute approximate surface area is 239 Å². The topological polar surface area (TPSA) is 89.8 Å². The second-order valence-electron chi connectivity index (χ2n) is 10.2. The molecule has 11 heteroatoms. The molecule has 0 spiro atoms. The zero-order chi connectivity index (χ0) is 28.4. The van der Waals surface area contributed by atoms with Gasteiger partial charge in [0.15, 0.2) is 5.75 Å². The smallest absolute Gasteiger partial charge is 0.354 e. The molecular formula is C30H25ClFN5O4. The Hall–Kier alpha value is -4.44. The van der Waals surface area contributed by atoms with Crippen LogP contribution in [0.3, 0.4) is 0 Å².